The third-order valence-corrected chi connectivity index (χ3v) is 2.08. The van der Waals surface area contributed by atoms with Crippen molar-refractivity contribution in [3.05, 3.63) is 59.7 Å². The van der Waals surface area contributed by atoms with E-state index in [-0.39, 0.29) is 5.56 Å². The highest BCUT2D eigenvalue weighted by molar-refractivity contribution is 5.65. The van der Waals surface area contributed by atoms with Gasteiger partial charge in [0.25, 0.3) is 0 Å². The lowest BCUT2D eigenvalue weighted by atomic mass is 10.0. The maximum atomic E-state index is 13.3. The minimum absolute atomic E-state index is 0.280. The second kappa shape index (κ2) is 3.96. The van der Waals surface area contributed by atoms with Crippen LogP contribution in [-0.2, 0) is 0 Å². The Kier molecular flexibility index (Phi) is 2.64. The van der Waals surface area contributed by atoms with Gasteiger partial charge in [-0.3, -0.25) is 0 Å². The fraction of sp³-hybridized carbons (Fsp3) is 0. The lowest BCUT2D eigenvalue weighted by Crippen LogP contribution is -1.94. The van der Waals surface area contributed by atoms with Gasteiger partial charge in [-0.1, -0.05) is 18.2 Å². The summed E-state index contributed by atoms with van der Waals surface area (Å²) in [5.74, 6) is -4.21. The van der Waals surface area contributed by atoms with Crippen LogP contribution in [0.3, 0.4) is 0 Å². The second-order valence-electron chi connectivity index (χ2n) is 3.14. The smallest absolute Gasteiger partial charge is 0.139 e. The van der Waals surface area contributed by atoms with E-state index in [9.17, 15) is 17.6 Å². The van der Waals surface area contributed by atoms with Crippen LogP contribution >= 0.6 is 0 Å². The molecule has 0 atom stereocenters. The Labute approximate surface area is 89.2 Å². The molecule has 0 aliphatic rings. The Bertz CT molecular complexity index is 511. The van der Waals surface area contributed by atoms with Gasteiger partial charge in [0.2, 0.25) is 0 Å². The first-order chi connectivity index (χ1) is 7.59. The molecule has 0 heterocycles. The molecule has 0 aliphatic carbocycles. The molecule has 0 fully saturated rings. The molecule has 2 aromatic rings. The summed E-state index contributed by atoms with van der Waals surface area (Å²) >= 11 is 0. The Morgan fingerprint density at radius 1 is 0.938 bits per heavy atom. The Balaban J connectivity index is 2.70. The highest BCUT2D eigenvalue weighted by atomic mass is 19.1. The van der Waals surface area contributed by atoms with Gasteiger partial charge < -0.3 is 0 Å². The van der Waals surface area contributed by atoms with Gasteiger partial charge in [0, 0.05) is 23.8 Å². The molecule has 0 saturated heterocycles. The van der Waals surface area contributed by atoms with Crippen molar-refractivity contribution < 1.29 is 17.6 Å². The zero-order valence-corrected chi connectivity index (χ0v) is 7.90. The van der Waals surface area contributed by atoms with Crippen LogP contribution in [0.25, 0.3) is 11.1 Å². The molecule has 2 aromatic carbocycles. The van der Waals surface area contributed by atoms with Crippen LogP contribution in [0.1, 0.15) is 0 Å². The van der Waals surface area contributed by atoms with Crippen molar-refractivity contribution in [2.75, 3.05) is 0 Å². The third kappa shape index (κ3) is 1.78. The molecule has 0 bridgehead atoms. The van der Waals surface area contributed by atoms with E-state index in [1.807, 2.05) is 0 Å². The first-order valence-electron chi connectivity index (χ1n) is 4.40. The van der Waals surface area contributed by atoms with Crippen LogP contribution in [0.15, 0.2) is 30.3 Å². The largest absolute Gasteiger partial charge is 0.207 e. The van der Waals surface area contributed by atoms with Crippen LogP contribution in [0.2, 0.25) is 0 Å². The molecule has 0 aliphatic heterocycles. The van der Waals surface area contributed by atoms with Gasteiger partial charge in [0.1, 0.15) is 23.3 Å². The number of benzene rings is 2. The van der Waals surface area contributed by atoms with E-state index in [0.717, 1.165) is 0 Å². The summed E-state index contributed by atoms with van der Waals surface area (Å²) in [6, 6.07) is 7.05. The zero-order chi connectivity index (χ0) is 11.7. The van der Waals surface area contributed by atoms with E-state index in [1.165, 1.54) is 18.2 Å². The summed E-state index contributed by atoms with van der Waals surface area (Å²) in [4.78, 5) is 0. The van der Waals surface area contributed by atoms with Crippen LogP contribution in [0, 0.1) is 29.3 Å². The molecule has 4 heteroatoms. The van der Waals surface area contributed by atoms with E-state index in [2.05, 4.69) is 6.07 Å². The molecule has 2 rings (SSSR count). The topological polar surface area (TPSA) is 0 Å². The first-order valence-corrected chi connectivity index (χ1v) is 4.40. The molecule has 0 aromatic heterocycles. The summed E-state index contributed by atoms with van der Waals surface area (Å²) in [6.07, 6.45) is 0. The Morgan fingerprint density at radius 3 is 2.12 bits per heavy atom. The third-order valence-electron chi connectivity index (χ3n) is 2.08. The molecule has 81 valence electrons. The first kappa shape index (κ1) is 10.7. The van der Waals surface area contributed by atoms with Gasteiger partial charge in [-0.15, -0.1) is 0 Å². The monoisotopic (exact) mass is 225 g/mol. The van der Waals surface area contributed by atoms with Crippen molar-refractivity contribution in [3.63, 3.8) is 0 Å². The van der Waals surface area contributed by atoms with E-state index < -0.39 is 28.8 Å². The van der Waals surface area contributed by atoms with E-state index in [0.29, 0.717) is 12.1 Å². The van der Waals surface area contributed by atoms with Gasteiger partial charge in [0.05, 0.1) is 5.56 Å². The van der Waals surface area contributed by atoms with Crippen LogP contribution < -0.4 is 0 Å². The zero-order valence-electron chi connectivity index (χ0n) is 7.90. The van der Waals surface area contributed by atoms with Gasteiger partial charge >= 0.3 is 0 Å². The highest BCUT2D eigenvalue weighted by Crippen LogP contribution is 2.28. The number of rotatable bonds is 1. The van der Waals surface area contributed by atoms with Gasteiger partial charge in [0.15, 0.2) is 0 Å². The minimum atomic E-state index is -1.14. The summed E-state index contributed by atoms with van der Waals surface area (Å²) in [5.41, 5.74) is -0.867. The van der Waals surface area contributed by atoms with E-state index in [1.54, 1.807) is 0 Å². The van der Waals surface area contributed by atoms with Gasteiger partial charge in [-0.2, -0.15) is 0 Å². The fourth-order valence-corrected chi connectivity index (χ4v) is 1.41. The van der Waals surface area contributed by atoms with Crippen molar-refractivity contribution in [2.45, 2.75) is 0 Å². The van der Waals surface area contributed by atoms with Gasteiger partial charge in [-0.05, 0) is 0 Å². The van der Waals surface area contributed by atoms with E-state index in [4.69, 9.17) is 0 Å². The highest BCUT2D eigenvalue weighted by Gasteiger charge is 2.16. The van der Waals surface area contributed by atoms with Crippen molar-refractivity contribution in [1.29, 1.82) is 0 Å². The fourth-order valence-electron chi connectivity index (χ4n) is 1.41. The molecule has 0 N–H and O–H groups in total. The van der Waals surface area contributed by atoms with Crippen molar-refractivity contribution in [1.82, 2.24) is 0 Å². The molecular formula is C12H5F4. The number of hydrogen-bond donors (Lipinski definition) is 0. The molecule has 0 unspecified atom stereocenters. The minimum Gasteiger partial charge on any atom is -0.207 e. The van der Waals surface area contributed by atoms with Crippen LogP contribution in [0.4, 0.5) is 17.6 Å². The normalized spacial score (nSPS) is 10.5. The molecule has 0 nitrogen and oxygen atoms in total. The SMILES string of the molecule is Fc1cc(F)c(-c2ccc[c]c2F)c(F)c1. The van der Waals surface area contributed by atoms with Crippen molar-refractivity contribution in [3.8, 4) is 11.1 Å². The lowest BCUT2D eigenvalue weighted by Gasteiger charge is -2.06. The number of halogens is 4. The Morgan fingerprint density at radius 2 is 1.56 bits per heavy atom. The maximum absolute atomic E-state index is 13.3. The Hall–Kier alpha value is -1.84. The summed E-state index contributed by atoms with van der Waals surface area (Å²) in [7, 11) is 0. The summed E-state index contributed by atoms with van der Waals surface area (Å²) < 4.78 is 52.5. The molecule has 0 amide bonds. The van der Waals surface area contributed by atoms with Crippen molar-refractivity contribution >= 4 is 0 Å². The summed E-state index contributed by atoms with van der Waals surface area (Å²) in [6.45, 7) is 0. The molecular weight excluding hydrogens is 220 g/mol. The maximum Gasteiger partial charge on any atom is 0.139 e. The quantitative estimate of drug-likeness (QED) is 0.649. The molecule has 1 radical (unpaired) electrons. The molecule has 0 spiro atoms. The standard InChI is InChI=1S/C12H5F4/c13-7-5-10(15)12(11(16)6-7)8-3-1-2-4-9(8)14/h1-3,5-6H. The van der Waals surface area contributed by atoms with Gasteiger partial charge in [-0.25, -0.2) is 17.6 Å². The predicted octanol–water partition coefficient (Wildman–Crippen LogP) is 3.71. The average Bonchev–Trinajstić information content (AvgIpc) is 2.19. The molecule has 16 heavy (non-hydrogen) atoms. The predicted molar refractivity (Wildman–Crippen MR) is 50.5 cm³/mol. The number of hydrogen-bond acceptors (Lipinski definition) is 0. The van der Waals surface area contributed by atoms with Crippen LogP contribution in [0.5, 0.6) is 0 Å². The average molecular weight is 225 g/mol. The van der Waals surface area contributed by atoms with E-state index >= 15 is 0 Å². The van der Waals surface area contributed by atoms with Crippen LogP contribution in [-0.4, -0.2) is 0 Å². The lowest BCUT2D eigenvalue weighted by molar-refractivity contribution is 0.545. The van der Waals surface area contributed by atoms with Crippen molar-refractivity contribution in [2.24, 2.45) is 0 Å². The summed E-state index contributed by atoms with van der Waals surface area (Å²) in [5, 5.41) is 0. The second-order valence-corrected chi connectivity index (χ2v) is 3.14. The molecule has 0 saturated carbocycles.